The highest BCUT2D eigenvalue weighted by Crippen LogP contribution is 2.21. The minimum Gasteiger partial charge on any atom is -0.477 e. The van der Waals surface area contributed by atoms with E-state index < -0.39 is 12.3 Å². The molecule has 0 bridgehead atoms. The molecule has 1 aromatic heterocycles. The molecule has 0 aliphatic rings. The van der Waals surface area contributed by atoms with E-state index in [-0.39, 0.29) is 5.69 Å². The summed E-state index contributed by atoms with van der Waals surface area (Å²) in [6.45, 7) is 4.49. The zero-order valence-electron chi connectivity index (χ0n) is 9.64. The van der Waals surface area contributed by atoms with Crippen molar-refractivity contribution < 1.29 is 19.4 Å². The Labute approximate surface area is 93.8 Å². The van der Waals surface area contributed by atoms with Crippen molar-refractivity contribution in [2.75, 3.05) is 13.2 Å². The summed E-state index contributed by atoms with van der Waals surface area (Å²) in [4.78, 5) is 15.1. The lowest BCUT2D eigenvalue weighted by Gasteiger charge is -2.15. The summed E-state index contributed by atoms with van der Waals surface area (Å²) in [6.07, 6.45) is 0.714. The second kappa shape index (κ2) is 5.62. The van der Waals surface area contributed by atoms with Gasteiger partial charge in [-0.3, -0.25) is 0 Å². The Morgan fingerprint density at radius 1 is 1.50 bits per heavy atom. The van der Waals surface area contributed by atoms with Crippen molar-refractivity contribution in [1.29, 1.82) is 0 Å². The van der Waals surface area contributed by atoms with Crippen molar-refractivity contribution in [3.63, 3.8) is 0 Å². The molecule has 0 fully saturated rings. The number of carbonyl (C=O) groups is 1. The van der Waals surface area contributed by atoms with Gasteiger partial charge >= 0.3 is 5.97 Å². The van der Waals surface area contributed by atoms with Crippen molar-refractivity contribution in [3.8, 4) is 0 Å². The monoisotopic (exact) mass is 228 g/mol. The van der Waals surface area contributed by atoms with Crippen LogP contribution in [0.25, 0.3) is 0 Å². The number of rotatable bonds is 6. The standard InChI is InChI=1S/C10H16N2O4/c1-4-15-10(16-5-2)7-8(9(13)14)12(3)6-11-7/h6,10H,4-5H2,1-3H3,(H,13,14). The molecule has 0 saturated carbocycles. The van der Waals surface area contributed by atoms with Gasteiger partial charge in [0, 0.05) is 20.3 Å². The average molecular weight is 228 g/mol. The van der Waals surface area contributed by atoms with Gasteiger partial charge in [0.1, 0.15) is 5.69 Å². The Hall–Kier alpha value is -1.40. The van der Waals surface area contributed by atoms with Crippen LogP contribution in [0.5, 0.6) is 0 Å². The van der Waals surface area contributed by atoms with E-state index in [1.54, 1.807) is 7.05 Å². The van der Waals surface area contributed by atoms with E-state index in [0.29, 0.717) is 18.9 Å². The molecular weight excluding hydrogens is 212 g/mol. The summed E-state index contributed by atoms with van der Waals surface area (Å²) < 4.78 is 12.1. The zero-order chi connectivity index (χ0) is 12.1. The van der Waals surface area contributed by atoms with E-state index in [1.165, 1.54) is 10.9 Å². The largest absolute Gasteiger partial charge is 0.477 e. The highest BCUT2D eigenvalue weighted by Gasteiger charge is 2.24. The Bertz CT molecular complexity index is 356. The van der Waals surface area contributed by atoms with Gasteiger partial charge in [-0.2, -0.15) is 0 Å². The summed E-state index contributed by atoms with van der Waals surface area (Å²) in [5.74, 6) is -1.04. The van der Waals surface area contributed by atoms with Gasteiger partial charge in [0.25, 0.3) is 0 Å². The summed E-state index contributed by atoms with van der Waals surface area (Å²) >= 11 is 0. The zero-order valence-corrected chi connectivity index (χ0v) is 9.64. The lowest BCUT2D eigenvalue weighted by molar-refractivity contribution is -0.142. The minimum absolute atomic E-state index is 0.0897. The summed E-state index contributed by atoms with van der Waals surface area (Å²) in [5, 5.41) is 9.05. The summed E-state index contributed by atoms with van der Waals surface area (Å²) in [7, 11) is 1.62. The number of aryl methyl sites for hydroxylation is 1. The van der Waals surface area contributed by atoms with Gasteiger partial charge in [-0.1, -0.05) is 0 Å². The fraction of sp³-hybridized carbons (Fsp3) is 0.600. The van der Waals surface area contributed by atoms with Gasteiger partial charge in [0.05, 0.1) is 6.33 Å². The SMILES string of the molecule is CCOC(OCC)c1ncn(C)c1C(=O)O. The van der Waals surface area contributed by atoms with Gasteiger partial charge < -0.3 is 19.1 Å². The number of carboxylic acids is 1. The molecular formula is C10H16N2O4. The Morgan fingerprint density at radius 2 is 2.06 bits per heavy atom. The van der Waals surface area contributed by atoms with Crippen LogP contribution in [0.1, 0.15) is 36.3 Å². The van der Waals surface area contributed by atoms with Crippen molar-refractivity contribution in [2.24, 2.45) is 7.05 Å². The van der Waals surface area contributed by atoms with Crippen LogP contribution in [-0.4, -0.2) is 33.8 Å². The molecule has 1 heterocycles. The third-order valence-electron chi connectivity index (χ3n) is 2.03. The van der Waals surface area contributed by atoms with Gasteiger partial charge in [-0.05, 0) is 13.8 Å². The summed E-state index contributed by atoms with van der Waals surface area (Å²) in [5.41, 5.74) is 0.394. The average Bonchev–Trinajstić information content (AvgIpc) is 2.60. The van der Waals surface area contributed by atoms with Crippen molar-refractivity contribution in [1.82, 2.24) is 9.55 Å². The first-order chi connectivity index (χ1) is 7.61. The molecule has 6 heteroatoms. The molecule has 1 rings (SSSR count). The molecule has 0 aromatic carbocycles. The second-order valence-corrected chi connectivity index (χ2v) is 3.14. The maximum atomic E-state index is 11.0. The van der Waals surface area contributed by atoms with Gasteiger partial charge in [0.15, 0.2) is 5.69 Å². The molecule has 0 atom stereocenters. The molecule has 0 aliphatic heterocycles. The van der Waals surface area contributed by atoms with Crippen molar-refractivity contribution in [3.05, 3.63) is 17.7 Å². The Balaban J connectivity index is 3.03. The predicted molar refractivity (Wildman–Crippen MR) is 56.2 cm³/mol. The van der Waals surface area contributed by atoms with Crippen LogP contribution in [0.15, 0.2) is 6.33 Å². The first-order valence-electron chi connectivity index (χ1n) is 5.09. The molecule has 90 valence electrons. The van der Waals surface area contributed by atoms with Crippen LogP contribution in [0.2, 0.25) is 0 Å². The molecule has 1 aromatic rings. The quantitative estimate of drug-likeness (QED) is 0.740. The van der Waals surface area contributed by atoms with Crippen LogP contribution in [0.3, 0.4) is 0 Å². The maximum absolute atomic E-state index is 11.0. The lowest BCUT2D eigenvalue weighted by atomic mass is 10.3. The van der Waals surface area contributed by atoms with Crippen LogP contribution in [0, 0.1) is 0 Å². The minimum atomic E-state index is -1.04. The van der Waals surface area contributed by atoms with Crippen LogP contribution in [0.4, 0.5) is 0 Å². The number of nitrogens with zero attached hydrogens (tertiary/aromatic N) is 2. The normalized spacial score (nSPS) is 11.0. The third kappa shape index (κ3) is 2.59. The molecule has 0 spiro atoms. The Morgan fingerprint density at radius 3 is 2.50 bits per heavy atom. The van der Waals surface area contributed by atoms with Crippen LogP contribution >= 0.6 is 0 Å². The van der Waals surface area contributed by atoms with Gasteiger partial charge in [0.2, 0.25) is 6.29 Å². The van der Waals surface area contributed by atoms with Gasteiger partial charge in [-0.15, -0.1) is 0 Å². The van der Waals surface area contributed by atoms with E-state index in [1.807, 2.05) is 13.8 Å². The van der Waals surface area contributed by atoms with Crippen molar-refractivity contribution >= 4 is 5.97 Å². The molecule has 0 aliphatic carbocycles. The van der Waals surface area contributed by atoms with E-state index >= 15 is 0 Å². The molecule has 0 amide bonds. The number of hydrogen-bond acceptors (Lipinski definition) is 4. The first kappa shape index (κ1) is 12.7. The maximum Gasteiger partial charge on any atom is 0.354 e. The Kier molecular flexibility index (Phi) is 4.45. The number of carboxylic acid groups (broad SMARTS) is 1. The number of hydrogen-bond donors (Lipinski definition) is 1. The van der Waals surface area contributed by atoms with Crippen molar-refractivity contribution in [2.45, 2.75) is 20.1 Å². The first-order valence-corrected chi connectivity index (χ1v) is 5.09. The summed E-state index contributed by atoms with van der Waals surface area (Å²) in [6, 6.07) is 0. The number of ether oxygens (including phenoxy) is 2. The predicted octanol–water partition coefficient (Wildman–Crippen LogP) is 1.19. The molecule has 0 unspecified atom stereocenters. The number of aromatic nitrogens is 2. The fourth-order valence-electron chi connectivity index (χ4n) is 1.39. The number of imidazole rings is 1. The van der Waals surface area contributed by atoms with E-state index in [4.69, 9.17) is 14.6 Å². The van der Waals surface area contributed by atoms with E-state index in [9.17, 15) is 4.79 Å². The lowest BCUT2D eigenvalue weighted by Crippen LogP contribution is -2.15. The smallest absolute Gasteiger partial charge is 0.354 e. The van der Waals surface area contributed by atoms with Crippen LogP contribution < -0.4 is 0 Å². The van der Waals surface area contributed by atoms with E-state index in [2.05, 4.69) is 4.98 Å². The molecule has 1 N–H and O–H groups in total. The highest BCUT2D eigenvalue weighted by atomic mass is 16.7. The highest BCUT2D eigenvalue weighted by molar-refractivity contribution is 5.87. The van der Waals surface area contributed by atoms with E-state index in [0.717, 1.165) is 0 Å². The fourth-order valence-corrected chi connectivity index (χ4v) is 1.39. The number of aromatic carboxylic acids is 1. The molecule has 0 radical (unpaired) electrons. The molecule has 6 nitrogen and oxygen atoms in total. The van der Waals surface area contributed by atoms with Crippen LogP contribution in [-0.2, 0) is 16.5 Å². The third-order valence-corrected chi connectivity index (χ3v) is 2.03. The second-order valence-electron chi connectivity index (χ2n) is 3.14. The molecule has 16 heavy (non-hydrogen) atoms. The van der Waals surface area contributed by atoms with Gasteiger partial charge in [-0.25, -0.2) is 9.78 Å². The molecule has 0 saturated heterocycles. The topological polar surface area (TPSA) is 73.6 Å².